The lowest BCUT2D eigenvalue weighted by atomic mass is 10.1. The van der Waals surface area contributed by atoms with Gasteiger partial charge >= 0.3 is 5.97 Å². The van der Waals surface area contributed by atoms with Crippen LogP contribution in [0.5, 0.6) is 0 Å². The van der Waals surface area contributed by atoms with Gasteiger partial charge in [-0.1, -0.05) is 0 Å². The fraction of sp³-hybridized carbons (Fsp3) is 0. The first kappa shape index (κ1) is 13.6. The molecule has 0 saturated carbocycles. The van der Waals surface area contributed by atoms with Crippen LogP contribution in [0.25, 0.3) is 22.3 Å². The molecule has 0 radical (unpaired) electrons. The highest BCUT2D eigenvalue weighted by molar-refractivity contribution is 9.10. The number of rotatable bonds is 2. The zero-order chi connectivity index (χ0) is 15.0. The minimum absolute atomic E-state index is 0.0290. The molecule has 2 aromatic heterocycles. The van der Waals surface area contributed by atoms with E-state index in [1.165, 1.54) is 36.8 Å². The van der Waals surface area contributed by atoms with Crippen molar-refractivity contribution in [3.05, 3.63) is 52.6 Å². The maximum atomic E-state index is 13.7. The number of hydrogen-bond acceptors (Lipinski definition) is 4. The van der Waals surface area contributed by atoms with Crippen LogP contribution in [-0.2, 0) is 0 Å². The second kappa shape index (κ2) is 5.17. The zero-order valence-electron chi connectivity index (χ0n) is 10.4. The number of nitrogens with zero attached hydrogens (tertiary/aromatic N) is 3. The van der Waals surface area contributed by atoms with Crippen LogP contribution in [0.1, 0.15) is 10.4 Å². The van der Waals surface area contributed by atoms with Crippen LogP contribution in [0, 0.1) is 5.82 Å². The molecule has 0 aliphatic rings. The zero-order valence-corrected chi connectivity index (χ0v) is 12.0. The minimum Gasteiger partial charge on any atom is -0.478 e. The van der Waals surface area contributed by atoms with Crippen molar-refractivity contribution >= 4 is 32.8 Å². The molecule has 1 aromatic carbocycles. The summed E-state index contributed by atoms with van der Waals surface area (Å²) in [5, 5.41) is 9.69. The van der Waals surface area contributed by atoms with E-state index in [4.69, 9.17) is 0 Å². The molecule has 0 aliphatic heterocycles. The van der Waals surface area contributed by atoms with E-state index in [9.17, 15) is 14.3 Å². The SMILES string of the molecule is O=C(O)c1cc(-c2cnccn2)nc2cc(F)c(Br)cc12. The fourth-order valence-corrected chi connectivity index (χ4v) is 2.30. The maximum Gasteiger partial charge on any atom is 0.336 e. The number of hydrogen-bond donors (Lipinski definition) is 1. The quantitative estimate of drug-likeness (QED) is 0.769. The Morgan fingerprint density at radius 1 is 1.19 bits per heavy atom. The molecule has 0 aliphatic carbocycles. The van der Waals surface area contributed by atoms with Crippen LogP contribution in [-0.4, -0.2) is 26.0 Å². The van der Waals surface area contributed by atoms with E-state index in [1.54, 1.807) is 0 Å². The average molecular weight is 348 g/mol. The monoisotopic (exact) mass is 347 g/mol. The van der Waals surface area contributed by atoms with E-state index in [0.29, 0.717) is 16.8 Å². The number of aromatic carboxylic acids is 1. The molecule has 0 fully saturated rings. The minimum atomic E-state index is -1.12. The van der Waals surface area contributed by atoms with E-state index in [1.807, 2.05) is 0 Å². The molecule has 104 valence electrons. The molecule has 5 nitrogen and oxygen atoms in total. The van der Waals surface area contributed by atoms with Crippen LogP contribution in [0.4, 0.5) is 4.39 Å². The summed E-state index contributed by atoms with van der Waals surface area (Å²) in [6, 6.07) is 3.99. The molecule has 2 heterocycles. The Labute approximate surface area is 126 Å². The first-order valence-electron chi connectivity index (χ1n) is 5.86. The van der Waals surface area contributed by atoms with Gasteiger partial charge in [-0.15, -0.1) is 0 Å². The second-order valence-corrected chi connectivity index (χ2v) is 5.09. The van der Waals surface area contributed by atoms with Crippen LogP contribution >= 0.6 is 15.9 Å². The van der Waals surface area contributed by atoms with Crippen molar-refractivity contribution in [3.63, 3.8) is 0 Å². The second-order valence-electron chi connectivity index (χ2n) is 4.23. The number of carbonyl (C=O) groups is 1. The standard InChI is InChI=1S/C14H7BrFN3O2/c15-9-3-7-8(14(20)21)4-12(13-6-17-1-2-18-13)19-11(7)5-10(9)16/h1-6H,(H,20,21). The van der Waals surface area contributed by atoms with Gasteiger partial charge in [0.25, 0.3) is 0 Å². The summed E-state index contributed by atoms with van der Waals surface area (Å²) < 4.78 is 13.8. The molecule has 7 heteroatoms. The van der Waals surface area contributed by atoms with E-state index in [2.05, 4.69) is 30.9 Å². The van der Waals surface area contributed by atoms with Gasteiger partial charge < -0.3 is 5.11 Å². The first-order chi connectivity index (χ1) is 10.1. The Morgan fingerprint density at radius 2 is 2.00 bits per heavy atom. The van der Waals surface area contributed by atoms with Crippen molar-refractivity contribution in [1.29, 1.82) is 0 Å². The first-order valence-corrected chi connectivity index (χ1v) is 6.65. The number of fused-ring (bicyclic) bond motifs is 1. The number of pyridine rings is 1. The average Bonchev–Trinajstić information content (AvgIpc) is 2.48. The third-order valence-corrected chi connectivity index (χ3v) is 3.51. The molecule has 3 aromatic rings. The maximum absolute atomic E-state index is 13.7. The Kier molecular flexibility index (Phi) is 3.34. The third kappa shape index (κ3) is 2.47. The van der Waals surface area contributed by atoms with Gasteiger partial charge in [0, 0.05) is 23.8 Å². The van der Waals surface area contributed by atoms with E-state index < -0.39 is 11.8 Å². The third-order valence-electron chi connectivity index (χ3n) is 2.91. The Hall–Kier alpha value is -2.41. The highest BCUT2D eigenvalue weighted by Crippen LogP contribution is 2.28. The summed E-state index contributed by atoms with van der Waals surface area (Å²) in [4.78, 5) is 23.7. The summed E-state index contributed by atoms with van der Waals surface area (Å²) in [6.45, 7) is 0. The van der Waals surface area contributed by atoms with Gasteiger partial charge in [0.05, 0.1) is 27.4 Å². The molecule has 0 unspecified atom stereocenters. The summed E-state index contributed by atoms with van der Waals surface area (Å²) >= 11 is 3.04. The van der Waals surface area contributed by atoms with E-state index in [-0.39, 0.29) is 15.6 Å². The van der Waals surface area contributed by atoms with Gasteiger partial charge in [0.2, 0.25) is 0 Å². The van der Waals surface area contributed by atoms with Gasteiger partial charge in [0.1, 0.15) is 11.5 Å². The topological polar surface area (TPSA) is 76.0 Å². The summed E-state index contributed by atoms with van der Waals surface area (Å²) in [7, 11) is 0. The summed E-state index contributed by atoms with van der Waals surface area (Å²) in [5.41, 5.74) is 1.03. The highest BCUT2D eigenvalue weighted by atomic mass is 79.9. The number of carboxylic acid groups (broad SMARTS) is 1. The van der Waals surface area contributed by atoms with Crippen LogP contribution in [0.3, 0.4) is 0 Å². The Bertz CT molecular complexity index is 856. The predicted octanol–water partition coefficient (Wildman–Crippen LogP) is 3.29. The Balaban J connectivity index is 2.35. The molecule has 21 heavy (non-hydrogen) atoms. The van der Waals surface area contributed by atoms with Crippen molar-refractivity contribution in [2.75, 3.05) is 0 Å². The molecule has 0 bridgehead atoms. The number of benzene rings is 1. The van der Waals surface area contributed by atoms with Crippen molar-refractivity contribution < 1.29 is 14.3 Å². The number of carboxylic acids is 1. The van der Waals surface area contributed by atoms with E-state index >= 15 is 0 Å². The number of aromatic nitrogens is 3. The van der Waals surface area contributed by atoms with Gasteiger partial charge in [-0.05, 0) is 28.1 Å². The van der Waals surface area contributed by atoms with Gasteiger partial charge in [-0.25, -0.2) is 14.2 Å². The molecule has 0 atom stereocenters. The highest BCUT2D eigenvalue weighted by Gasteiger charge is 2.15. The van der Waals surface area contributed by atoms with E-state index in [0.717, 1.165) is 0 Å². The summed E-state index contributed by atoms with van der Waals surface area (Å²) in [5.74, 6) is -1.63. The molecule has 0 saturated heterocycles. The number of halogens is 2. The molecular weight excluding hydrogens is 341 g/mol. The molecule has 0 amide bonds. The lowest BCUT2D eigenvalue weighted by Crippen LogP contribution is -2.01. The predicted molar refractivity (Wildman–Crippen MR) is 77.4 cm³/mol. The van der Waals surface area contributed by atoms with Crippen molar-refractivity contribution in [3.8, 4) is 11.4 Å². The largest absolute Gasteiger partial charge is 0.478 e. The Morgan fingerprint density at radius 3 is 2.67 bits per heavy atom. The van der Waals surface area contributed by atoms with Crippen molar-refractivity contribution in [2.45, 2.75) is 0 Å². The molecular formula is C14H7BrFN3O2. The fourth-order valence-electron chi connectivity index (χ4n) is 1.96. The molecule has 1 N–H and O–H groups in total. The van der Waals surface area contributed by atoms with Crippen LogP contribution in [0.2, 0.25) is 0 Å². The van der Waals surface area contributed by atoms with Crippen LogP contribution < -0.4 is 0 Å². The van der Waals surface area contributed by atoms with Gasteiger partial charge in [-0.3, -0.25) is 9.97 Å². The summed E-state index contributed by atoms with van der Waals surface area (Å²) in [6.07, 6.45) is 4.44. The normalized spacial score (nSPS) is 10.8. The van der Waals surface area contributed by atoms with Crippen molar-refractivity contribution in [1.82, 2.24) is 15.0 Å². The smallest absolute Gasteiger partial charge is 0.336 e. The van der Waals surface area contributed by atoms with Gasteiger partial charge in [-0.2, -0.15) is 0 Å². The molecule has 0 spiro atoms. The molecule has 3 rings (SSSR count). The lowest BCUT2D eigenvalue weighted by Gasteiger charge is -2.07. The van der Waals surface area contributed by atoms with Crippen molar-refractivity contribution in [2.24, 2.45) is 0 Å². The lowest BCUT2D eigenvalue weighted by molar-refractivity contribution is 0.0699. The van der Waals surface area contributed by atoms with Gasteiger partial charge in [0.15, 0.2) is 0 Å². The van der Waals surface area contributed by atoms with Crippen LogP contribution in [0.15, 0.2) is 41.3 Å².